The standard InChI is InChI=1S/C33H53N9O6/c34-23(19-22-7-2-1-3-8-22)28(44)41-25(10-6-18-38-31(36)37)29(45)42-26(20-33-14-11-21(12-15-33)13-16-33)30(46)40-24(27(35)43)9-4-5-17-39-32(47)48/h1-3,7-8,21,23-26,39H,4-6,9-20,34H2,(H2,35,43)(H,40,46)(H,41,44)(H,42,45)(H,47,48)(H4,36,37,38)/t21?,23-,24-,25-,26-,33?/m0/s1. The van der Waals surface area contributed by atoms with Crippen LogP contribution in [0.4, 0.5) is 4.79 Å². The number of carboxylic acid groups (broad SMARTS) is 1. The van der Waals surface area contributed by atoms with Crippen molar-refractivity contribution in [2.24, 2.45) is 39.3 Å². The minimum absolute atomic E-state index is 0.0923. The van der Waals surface area contributed by atoms with Crippen molar-refractivity contribution in [1.29, 1.82) is 0 Å². The van der Waals surface area contributed by atoms with Gasteiger partial charge in [-0.05, 0) is 100 Å². The number of aliphatic imine (C=N–C) groups is 1. The number of hydrogen-bond donors (Lipinski definition) is 9. The van der Waals surface area contributed by atoms with Gasteiger partial charge >= 0.3 is 6.09 Å². The Bertz CT molecular complexity index is 1250. The third-order valence-electron chi connectivity index (χ3n) is 9.59. The Kier molecular flexibility index (Phi) is 14.9. The van der Waals surface area contributed by atoms with Crippen LogP contribution < -0.4 is 44.2 Å². The second kappa shape index (κ2) is 18.8. The highest BCUT2D eigenvalue weighted by molar-refractivity contribution is 5.94. The van der Waals surface area contributed by atoms with E-state index >= 15 is 0 Å². The summed E-state index contributed by atoms with van der Waals surface area (Å²) in [6.45, 7) is 0.427. The molecule has 0 saturated heterocycles. The Morgan fingerprint density at radius 3 is 2.00 bits per heavy atom. The maximum absolute atomic E-state index is 13.9. The number of primary amides is 1. The lowest BCUT2D eigenvalue weighted by Crippen LogP contribution is -2.58. The van der Waals surface area contributed by atoms with Gasteiger partial charge < -0.3 is 49.3 Å². The molecule has 0 unspecified atom stereocenters. The molecule has 2 bridgehead atoms. The summed E-state index contributed by atoms with van der Waals surface area (Å²) in [4.78, 5) is 67.9. The molecule has 266 valence electrons. The molecule has 3 aliphatic rings. The molecule has 3 aliphatic carbocycles. The number of benzene rings is 1. The number of nitrogens with zero attached hydrogens (tertiary/aromatic N) is 1. The van der Waals surface area contributed by atoms with E-state index in [4.69, 9.17) is 28.0 Å². The van der Waals surface area contributed by atoms with E-state index in [1.54, 1.807) is 0 Å². The fraction of sp³-hybridized carbons (Fsp3) is 0.636. The van der Waals surface area contributed by atoms with Gasteiger partial charge in [-0.3, -0.25) is 24.2 Å². The van der Waals surface area contributed by atoms with Gasteiger partial charge in [0.15, 0.2) is 5.96 Å². The molecule has 0 aliphatic heterocycles. The topological polar surface area (TPSA) is 270 Å². The van der Waals surface area contributed by atoms with Crippen molar-refractivity contribution in [3.05, 3.63) is 35.9 Å². The molecule has 15 nitrogen and oxygen atoms in total. The number of nitrogens with two attached hydrogens (primary N) is 4. The van der Waals surface area contributed by atoms with Crippen molar-refractivity contribution in [1.82, 2.24) is 21.3 Å². The molecule has 48 heavy (non-hydrogen) atoms. The smallest absolute Gasteiger partial charge is 0.404 e. The average Bonchev–Trinajstić information content (AvgIpc) is 3.05. The Hall–Kier alpha value is -4.40. The summed E-state index contributed by atoms with van der Waals surface area (Å²) in [5.41, 5.74) is 23.5. The van der Waals surface area contributed by atoms with Crippen LogP contribution in [0.2, 0.25) is 0 Å². The van der Waals surface area contributed by atoms with E-state index in [1.165, 1.54) is 0 Å². The van der Waals surface area contributed by atoms with Crippen molar-refractivity contribution in [3.8, 4) is 0 Å². The summed E-state index contributed by atoms with van der Waals surface area (Å²) in [6, 6.07) is 5.34. The zero-order valence-corrected chi connectivity index (χ0v) is 27.6. The van der Waals surface area contributed by atoms with Crippen LogP contribution in [0.15, 0.2) is 35.3 Å². The van der Waals surface area contributed by atoms with Gasteiger partial charge in [0.25, 0.3) is 0 Å². The van der Waals surface area contributed by atoms with E-state index < -0.39 is 53.9 Å². The maximum Gasteiger partial charge on any atom is 0.404 e. The lowest BCUT2D eigenvalue weighted by molar-refractivity contribution is -0.134. The minimum Gasteiger partial charge on any atom is -0.465 e. The van der Waals surface area contributed by atoms with Crippen LogP contribution in [0.25, 0.3) is 0 Å². The third-order valence-corrected chi connectivity index (χ3v) is 9.59. The predicted molar refractivity (Wildman–Crippen MR) is 181 cm³/mol. The normalized spacial score (nSPS) is 20.7. The summed E-state index contributed by atoms with van der Waals surface area (Å²) in [5.74, 6) is -1.75. The SMILES string of the molecule is NC(=O)[C@H](CCCCNC(=O)O)NC(=O)[C@H](CC12CCC(CC1)CC2)NC(=O)[C@H](CCCN=C(N)N)NC(=O)[C@@H](N)Cc1ccccc1. The van der Waals surface area contributed by atoms with Crippen molar-refractivity contribution in [3.63, 3.8) is 0 Å². The van der Waals surface area contributed by atoms with E-state index in [-0.39, 0.29) is 43.7 Å². The van der Waals surface area contributed by atoms with E-state index in [2.05, 4.69) is 26.3 Å². The fourth-order valence-electron chi connectivity index (χ4n) is 6.80. The fourth-order valence-corrected chi connectivity index (χ4v) is 6.80. The van der Waals surface area contributed by atoms with Crippen LogP contribution in [-0.4, -0.2) is 78.0 Å². The quantitative estimate of drug-likeness (QED) is 0.0525. The largest absolute Gasteiger partial charge is 0.465 e. The first kappa shape index (κ1) is 38.1. The Morgan fingerprint density at radius 1 is 0.812 bits per heavy atom. The number of rotatable bonds is 20. The molecule has 0 aromatic heterocycles. The molecule has 4 rings (SSSR count). The number of fused-ring (bicyclic) bond motifs is 3. The number of amides is 5. The van der Waals surface area contributed by atoms with E-state index in [9.17, 15) is 24.0 Å². The summed E-state index contributed by atoms with van der Waals surface area (Å²) >= 11 is 0. The lowest BCUT2D eigenvalue weighted by atomic mass is 9.58. The molecular weight excluding hydrogens is 618 g/mol. The molecule has 3 saturated carbocycles. The monoisotopic (exact) mass is 671 g/mol. The van der Waals surface area contributed by atoms with Gasteiger partial charge in [-0.1, -0.05) is 30.3 Å². The Balaban J connectivity index is 1.75. The van der Waals surface area contributed by atoms with E-state index in [0.29, 0.717) is 31.6 Å². The number of guanidine groups is 1. The van der Waals surface area contributed by atoms with Gasteiger partial charge in [0, 0.05) is 13.1 Å². The molecule has 0 spiro atoms. The van der Waals surface area contributed by atoms with Crippen LogP contribution in [0.5, 0.6) is 0 Å². The highest BCUT2D eigenvalue weighted by atomic mass is 16.4. The molecule has 0 radical (unpaired) electrons. The predicted octanol–water partition coefficient (Wildman–Crippen LogP) is 0.348. The Morgan fingerprint density at radius 2 is 1.40 bits per heavy atom. The second-order valence-electron chi connectivity index (χ2n) is 13.2. The van der Waals surface area contributed by atoms with Crippen LogP contribution in [0.1, 0.15) is 82.6 Å². The highest BCUT2D eigenvalue weighted by Crippen LogP contribution is 2.52. The summed E-state index contributed by atoms with van der Waals surface area (Å²) < 4.78 is 0. The van der Waals surface area contributed by atoms with Gasteiger partial charge in [0.1, 0.15) is 18.1 Å². The first-order chi connectivity index (χ1) is 22.9. The van der Waals surface area contributed by atoms with Crippen LogP contribution in [0, 0.1) is 11.3 Å². The number of unbranched alkanes of at least 4 members (excludes halogenated alkanes) is 1. The third kappa shape index (κ3) is 12.7. The molecule has 13 N–H and O–H groups in total. The first-order valence-corrected chi connectivity index (χ1v) is 16.9. The van der Waals surface area contributed by atoms with Crippen LogP contribution in [-0.2, 0) is 25.6 Å². The van der Waals surface area contributed by atoms with Gasteiger partial charge in [-0.25, -0.2) is 4.79 Å². The van der Waals surface area contributed by atoms with Gasteiger partial charge in [-0.15, -0.1) is 0 Å². The molecule has 3 fully saturated rings. The number of carbonyl (C=O) groups excluding carboxylic acids is 4. The molecule has 5 amide bonds. The van der Waals surface area contributed by atoms with Gasteiger partial charge in [0.2, 0.25) is 23.6 Å². The van der Waals surface area contributed by atoms with E-state index in [0.717, 1.165) is 44.1 Å². The zero-order chi connectivity index (χ0) is 35.1. The Labute approximate surface area is 281 Å². The summed E-state index contributed by atoms with van der Waals surface area (Å²) in [7, 11) is 0. The van der Waals surface area contributed by atoms with Gasteiger partial charge in [-0.2, -0.15) is 0 Å². The van der Waals surface area contributed by atoms with Gasteiger partial charge in [0.05, 0.1) is 6.04 Å². The zero-order valence-electron chi connectivity index (χ0n) is 27.6. The molecule has 15 heteroatoms. The molecule has 1 aromatic carbocycles. The second-order valence-corrected chi connectivity index (χ2v) is 13.2. The molecule has 4 atom stereocenters. The summed E-state index contributed by atoms with van der Waals surface area (Å²) in [6.07, 6.45) is 7.19. The van der Waals surface area contributed by atoms with Crippen molar-refractivity contribution in [2.45, 2.75) is 108 Å². The number of nitrogens with one attached hydrogen (secondary N) is 4. The van der Waals surface area contributed by atoms with Crippen molar-refractivity contribution >= 4 is 35.7 Å². The lowest BCUT2D eigenvalue weighted by Gasteiger charge is -2.48. The summed E-state index contributed by atoms with van der Waals surface area (Å²) in [5, 5.41) is 19.4. The average molecular weight is 672 g/mol. The van der Waals surface area contributed by atoms with Crippen molar-refractivity contribution in [2.75, 3.05) is 13.1 Å². The van der Waals surface area contributed by atoms with E-state index in [1.807, 2.05) is 30.3 Å². The van der Waals surface area contributed by atoms with Crippen LogP contribution in [0.3, 0.4) is 0 Å². The van der Waals surface area contributed by atoms with Crippen LogP contribution >= 0.6 is 0 Å². The first-order valence-electron chi connectivity index (χ1n) is 16.9. The maximum atomic E-state index is 13.9. The minimum atomic E-state index is -1.15. The molecule has 1 aromatic rings. The van der Waals surface area contributed by atoms with Crippen molar-refractivity contribution < 1.29 is 29.1 Å². The number of carbonyl (C=O) groups is 5. The number of hydrogen-bond acceptors (Lipinski definition) is 7. The molecular formula is C33H53N9O6. The molecule has 0 heterocycles. The highest BCUT2D eigenvalue weighted by Gasteiger charge is 2.43.